The SMILES string of the molecule is CC(C)N(Cc1nc(-c2ccccc2)no1)C(=O)COc1ccc(C(F)(F)F)cc1. The molecule has 0 radical (unpaired) electrons. The molecular weight excluding hydrogens is 399 g/mol. The zero-order chi connectivity index (χ0) is 21.7. The lowest BCUT2D eigenvalue weighted by Crippen LogP contribution is -2.39. The second kappa shape index (κ2) is 8.98. The molecule has 30 heavy (non-hydrogen) atoms. The molecule has 2 aromatic carbocycles. The van der Waals surface area contributed by atoms with Crippen LogP contribution < -0.4 is 4.74 Å². The predicted molar refractivity (Wildman–Crippen MR) is 102 cm³/mol. The zero-order valence-corrected chi connectivity index (χ0v) is 16.4. The highest BCUT2D eigenvalue weighted by Crippen LogP contribution is 2.30. The summed E-state index contributed by atoms with van der Waals surface area (Å²) < 4.78 is 48.5. The average molecular weight is 419 g/mol. The van der Waals surface area contributed by atoms with Gasteiger partial charge in [-0.05, 0) is 38.1 Å². The van der Waals surface area contributed by atoms with Gasteiger partial charge in [0.05, 0.1) is 5.56 Å². The molecule has 9 heteroatoms. The van der Waals surface area contributed by atoms with Gasteiger partial charge in [0, 0.05) is 11.6 Å². The Balaban J connectivity index is 1.62. The number of ether oxygens (including phenoxy) is 1. The van der Waals surface area contributed by atoms with Gasteiger partial charge in [-0.25, -0.2) is 0 Å². The maximum Gasteiger partial charge on any atom is 0.416 e. The van der Waals surface area contributed by atoms with Gasteiger partial charge in [-0.3, -0.25) is 4.79 Å². The number of hydrogen-bond acceptors (Lipinski definition) is 5. The van der Waals surface area contributed by atoms with Crippen LogP contribution in [-0.4, -0.2) is 33.6 Å². The first-order chi connectivity index (χ1) is 14.2. The van der Waals surface area contributed by atoms with Crippen LogP contribution in [-0.2, 0) is 17.5 Å². The fraction of sp³-hybridized carbons (Fsp3) is 0.286. The fourth-order valence-corrected chi connectivity index (χ4v) is 2.70. The molecule has 1 heterocycles. The summed E-state index contributed by atoms with van der Waals surface area (Å²) in [7, 11) is 0. The van der Waals surface area contributed by atoms with E-state index in [1.165, 1.54) is 17.0 Å². The van der Waals surface area contributed by atoms with Crippen LogP contribution in [0.1, 0.15) is 25.3 Å². The van der Waals surface area contributed by atoms with Crippen molar-refractivity contribution in [1.82, 2.24) is 15.0 Å². The Morgan fingerprint density at radius 2 is 1.77 bits per heavy atom. The second-order valence-electron chi connectivity index (χ2n) is 6.80. The quantitative estimate of drug-likeness (QED) is 0.561. The number of rotatable bonds is 7. The molecule has 0 aliphatic carbocycles. The lowest BCUT2D eigenvalue weighted by molar-refractivity contribution is -0.138. The number of carbonyl (C=O) groups excluding carboxylic acids is 1. The summed E-state index contributed by atoms with van der Waals surface area (Å²) in [5, 5.41) is 3.93. The van der Waals surface area contributed by atoms with E-state index in [1.807, 2.05) is 44.2 Å². The molecule has 6 nitrogen and oxygen atoms in total. The van der Waals surface area contributed by atoms with Gasteiger partial charge in [0.2, 0.25) is 11.7 Å². The highest BCUT2D eigenvalue weighted by Gasteiger charge is 2.30. The van der Waals surface area contributed by atoms with Crippen molar-refractivity contribution in [3.8, 4) is 17.1 Å². The minimum atomic E-state index is -4.43. The Morgan fingerprint density at radius 1 is 1.10 bits per heavy atom. The smallest absolute Gasteiger partial charge is 0.416 e. The third kappa shape index (κ3) is 5.37. The monoisotopic (exact) mass is 419 g/mol. The Bertz CT molecular complexity index is 970. The third-order valence-electron chi connectivity index (χ3n) is 4.29. The van der Waals surface area contributed by atoms with Gasteiger partial charge >= 0.3 is 6.18 Å². The van der Waals surface area contributed by atoms with Gasteiger partial charge in [0.25, 0.3) is 5.91 Å². The number of halogens is 3. The molecule has 0 bridgehead atoms. The summed E-state index contributed by atoms with van der Waals surface area (Å²) in [6, 6.07) is 13.3. The van der Waals surface area contributed by atoms with Crippen molar-refractivity contribution in [3.63, 3.8) is 0 Å². The Morgan fingerprint density at radius 3 is 2.37 bits per heavy atom. The Kier molecular flexibility index (Phi) is 6.39. The molecule has 0 aliphatic rings. The van der Waals surface area contributed by atoms with Crippen molar-refractivity contribution in [2.75, 3.05) is 6.61 Å². The minimum absolute atomic E-state index is 0.0900. The van der Waals surface area contributed by atoms with E-state index in [4.69, 9.17) is 9.26 Å². The van der Waals surface area contributed by atoms with Gasteiger partial charge in [-0.15, -0.1) is 0 Å². The summed E-state index contributed by atoms with van der Waals surface area (Å²) in [6.07, 6.45) is -4.43. The van der Waals surface area contributed by atoms with E-state index in [2.05, 4.69) is 10.1 Å². The lowest BCUT2D eigenvalue weighted by atomic mass is 10.2. The molecule has 0 spiro atoms. The highest BCUT2D eigenvalue weighted by atomic mass is 19.4. The maximum absolute atomic E-state index is 12.6. The van der Waals surface area contributed by atoms with Gasteiger partial charge in [0.1, 0.15) is 12.3 Å². The van der Waals surface area contributed by atoms with Crippen molar-refractivity contribution in [2.45, 2.75) is 32.6 Å². The van der Waals surface area contributed by atoms with Crippen LogP contribution in [0.15, 0.2) is 59.1 Å². The summed E-state index contributed by atoms with van der Waals surface area (Å²) in [5.74, 6) is 0.502. The number of aromatic nitrogens is 2. The molecule has 1 aromatic heterocycles. The van der Waals surface area contributed by atoms with Crippen LogP contribution in [0.5, 0.6) is 5.75 Å². The molecular formula is C21H20F3N3O3. The van der Waals surface area contributed by atoms with Gasteiger partial charge in [-0.2, -0.15) is 18.2 Å². The fourth-order valence-electron chi connectivity index (χ4n) is 2.70. The van der Waals surface area contributed by atoms with Gasteiger partial charge < -0.3 is 14.2 Å². The zero-order valence-electron chi connectivity index (χ0n) is 16.4. The largest absolute Gasteiger partial charge is 0.484 e. The standard InChI is InChI=1S/C21H20F3N3O3/c1-14(2)27(12-18-25-20(26-30-18)15-6-4-3-5-7-15)19(28)13-29-17-10-8-16(9-11-17)21(22,23)24/h3-11,14H,12-13H2,1-2H3. The molecule has 0 N–H and O–H groups in total. The van der Waals surface area contributed by atoms with Gasteiger partial charge in [-0.1, -0.05) is 35.5 Å². The summed E-state index contributed by atoms with van der Waals surface area (Å²) in [6.45, 7) is 3.41. The summed E-state index contributed by atoms with van der Waals surface area (Å²) in [4.78, 5) is 18.4. The number of amides is 1. The van der Waals surface area contributed by atoms with E-state index >= 15 is 0 Å². The molecule has 0 unspecified atom stereocenters. The first kappa shape index (κ1) is 21.4. The first-order valence-electron chi connectivity index (χ1n) is 9.21. The Hall–Kier alpha value is -3.36. The van der Waals surface area contributed by atoms with Crippen molar-refractivity contribution in [3.05, 3.63) is 66.1 Å². The highest BCUT2D eigenvalue weighted by molar-refractivity contribution is 5.78. The molecule has 3 aromatic rings. The molecule has 0 atom stereocenters. The first-order valence-corrected chi connectivity index (χ1v) is 9.21. The van der Waals surface area contributed by atoms with Crippen LogP contribution in [0.4, 0.5) is 13.2 Å². The summed E-state index contributed by atoms with van der Waals surface area (Å²) >= 11 is 0. The Labute approximate surface area is 171 Å². The topological polar surface area (TPSA) is 68.5 Å². The molecule has 0 fully saturated rings. The van der Waals surface area contributed by atoms with Crippen molar-refractivity contribution in [1.29, 1.82) is 0 Å². The van der Waals surface area contributed by atoms with Gasteiger partial charge in [0.15, 0.2) is 6.61 Å². The molecule has 0 aliphatic heterocycles. The van der Waals surface area contributed by atoms with Crippen LogP contribution in [0, 0.1) is 0 Å². The summed E-state index contributed by atoms with van der Waals surface area (Å²) in [5.41, 5.74) is 0.0103. The van der Waals surface area contributed by atoms with Crippen LogP contribution >= 0.6 is 0 Å². The van der Waals surface area contributed by atoms with E-state index in [1.54, 1.807) is 0 Å². The maximum atomic E-state index is 12.6. The van der Waals surface area contributed by atoms with Crippen molar-refractivity contribution < 1.29 is 27.2 Å². The minimum Gasteiger partial charge on any atom is -0.484 e. The number of benzene rings is 2. The van der Waals surface area contributed by atoms with Crippen molar-refractivity contribution >= 4 is 5.91 Å². The van der Waals surface area contributed by atoms with E-state index in [0.717, 1.165) is 17.7 Å². The second-order valence-corrected chi connectivity index (χ2v) is 6.80. The number of alkyl halides is 3. The van der Waals surface area contributed by atoms with E-state index in [0.29, 0.717) is 5.82 Å². The molecule has 1 amide bonds. The lowest BCUT2D eigenvalue weighted by Gasteiger charge is -2.25. The number of nitrogens with zero attached hydrogens (tertiary/aromatic N) is 3. The van der Waals surface area contributed by atoms with Crippen LogP contribution in [0.3, 0.4) is 0 Å². The molecule has 3 rings (SSSR count). The molecule has 158 valence electrons. The van der Waals surface area contributed by atoms with E-state index in [9.17, 15) is 18.0 Å². The van der Waals surface area contributed by atoms with Crippen LogP contribution in [0.2, 0.25) is 0 Å². The third-order valence-corrected chi connectivity index (χ3v) is 4.29. The average Bonchev–Trinajstić information content (AvgIpc) is 3.19. The number of hydrogen-bond donors (Lipinski definition) is 0. The normalized spacial score (nSPS) is 11.5. The van der Waals surface area contributed by atoms with E-state index < -0.39 is 11.7 Å². The van der Waals surface area contributed by atoms with E-state index in [-0.39, 0.29) is 36.7 Å². The van der Waals surface area contributed by atoms with Crippen molar-refractivity contribution in [2.24, 2.45) is 0 Å². The predicted octanol–water partition coefficient (Wildman–Crippen LogP) is 4.57. The molecule has 0 saturated heterocycles. The molecule has 0 saturated carbocycles. The number of carbonyl (C=O) groups is 1. The van der Waals surface area contributed by atoms with Crippen LogP contribution in [0.25, 0.3) is 11.4 Å².